The Morgan fingerprint density at radius 3 is 2.71 bits per heavy atom. The predicted octanol–water partition coefficient (Wildman–Crippen LogP) is -0.417. The van der Waals surface area contributed by atoms with Crippen molar-refractivity contribution in [1.82, 2.24) is 15.2 Å². The summed E-state index contributed by atoms with van der Waals surface area (Å²) in [4.78, 5) is 38.6. The summed E-state index contributed by atoms with van der Waals surface area (Å²) in [5.41, 5.74) is -0.317. The first-order valence-corrected chi connectivity index (χ1v) is 5.27. The van der Waals surface area contributed by atoms with Crippen molar-refractivity contribution in [2.24, 2.45) is 0 Å². The highest BCUT2D eigenvalue weighted by Gasteiger charge is 2.18. The number of pyridine rings is 1. The monoisotopic (exact) mass is 237 g/mol. The Labute approximate surface area is 98.6 Å². The maximum Gasteiger partial charge on any atom is 0.259 e. The number of carbonyl (C=O) groups is 2. The van der Waals surface area contributed by atoms with Crippen molar-refractivity contribution in [2.45, 2.75) is 6.92 Å². The molecule has 0 aliphatic rings. The summed E-state index contributed by atoms with van der Waals surface area (Å²) >= 11 is 0. The Kier molecular flexibility index (Phi) is 4.45. The van der Waals surface area contributed by atoms with Gasteiger partial charge >= 0.3 is 0 Å². The Balaban J connectivity index is 2.91. The number of rotatable bonds is 4. The van der Waals surface area contributed by atoms with Crippen LogP contribution in [0.15, 0.2) is 23.3 Å². The van der Waals surface area contributed by atoms with E-state index in [1.54, 1.807) is 6.92 Å². The van der Waals surface area contributed by atoms with Crippen LogP contribution >= 0.6 is 0 Å². The molecule has 0 aliphatic carbocycles. The minimum atomic E-state index is -0.446. The van der Waals surface area contributed by atoms with Crippen LogP contribution in [0.5, 0.6) is 0 Å². The minimum absolute atomic E-state index is 0.0400. The van der Waals surface area contributed by atoms with Gasteiger partial charge in [-0.15, -0.1) is 0 Å². The lowest BCUT2D eigenvalue weighted by molar-refractivity contribution is -0.121. The van der Waals surface area contributed by atoms with Gasteiger partial charge in [0, 0.05) is 32.1 Å². The van der Waals surface area contributed by atoms with E-state index in [0.717, 1.165) is 0 Å². The van der Waals surface area contributed by atoms with Gasteiger partial charge in [-0.1, -0.05) is 0 Å². The number of likely N-dealkylation sites (N-methyl/N-ethyl adjacent to an activating group) is 2. The average Bonchev–Trinajstić information content (AvgIpc) is 2.35. The second-order valence-corrected chi connectivity index (χ2v) is 3.41. The number of hydrogen-bond acceptors (Lipinski definition) is 3. The molecule has 1 rings (SSSR count). The molecular formula is C11H15N3O3. The number of H-pyrrole nitrogens is 1. The van der Waals surface area contributed by atoms with Crippen molar-refractivity contribution in [2.75, 3.05) is 20.1 Å². The SMILES string of the molecule is CCN(CC(=O)NC)C(=O)c1c[nH]ccc1=O. The van der Waals surface area contributed by atoms with Gasteiger partial charge in [-0.2, -0.15) is 0 Å². The molecule has 2 amide bonds. The van der Waals surface area contributed by atoms with Crippen LogP contribution < -0.4 is 10.7 Å². The molecule has 6 nitrogen and oxygen atoms in total. The molecule has 0 saturated heterocycles. The second-order valence-electron chi connectivity index (χ2n) is 3.41. The van der Waals surface area contributed by atoms with E-state index in [9.17, 15) is 14.4 Å². The summed E-state index contributed by atoms with van der Waals surface area (Å²) in [5, 5.41) is 2.43. The van der Waals surface area contributed by atoms with Crippen LogP contribution in [0, 0.1) is 0 Å². The van der Waals surface area contributed by atoms with Crippen molar-refractivity contribution in [1.29, 1.82) is 0 Å². The van der Waals surface area contributed by atoms with Crippen LogP contribution in [0.2, 0.25) is 0 Å². The molecule has 1 heterocycles. The van der Waals surface area contributed by atoms with Gasteiger partial charge in [0.2, 0.25) is 5.91 Å². The van der Waals surface area contributed by atoms with Crippen LogP contribution in [0.1, 0.15) is 17.3 Å². The van der Waals surface area contributed by atoms with E-state index in [4.69, 9.17) is 0 Å². The lowest BCUT2D eigenvalue weighted by Crippen LogP contribution is -2.41. The zero-order valence-electron chi connectivity index (χ0n) is 9.82. The van der Waals surface area contributed by atoms with Gasteiger partial charge in [-0.25, -0.2) is 0 Å². The fraction of sp³-hybridized carbons (Fsp3) is 0.364. The van der Waals surface area contributed by atoms with E-state index in [1.807, 2.05) is 0 Å². The van der Waals surface area contributed by atoms with Gasteiger partial charge in [-0.3, -0.25) is 14.4 Å². The summed E-state index contributed by atoms with van der Waals surface area (Å²) in [6.07, 6.45) is 2.80. The predicted molar refractivity (Wildman–Crippen MR) is 62.7 cm³/mol. The Morgan fingerprint density at radius 2 is 2.18 bits per heavy atom. The first-order valence-electron chi connectivity index (χ1n) is 5.27. The normalized spacial score (nSPS) is 9.76. The fourth-order valence-corrected chi connectivity index (χ4v) is 1.33. The van der Waals surface area contributed by atoms with Crippen LogP contribution in [-0.2, 0) is 4.79 Å². The van der Waals surface area contributed by atoms with E-state index in [1.165, 1.54) is 30.4 Å². The zero-order chi connectivity index (χ0) is 12.8. The quantitative estimate of drug-likeness (QED) is 0.746. The topological polar surface area (TPSA) is 82.3 Å². The third-order valence-electron chi connectivity index (χ3n) is 2.34. The summed E-state index contributed by atoms with van der Waals surface area (Å²) in [7, 11) is 1.50. The molecule has 1 aromatic rings. The number of carbonyl (C=O) groups excluding carboxylic acids is 2. The number of aromatic amines is 1. The third-order valence-corrected chi connectivity index (χ3v) is 2.34. The highest BCUT2D eigenvalue weighted by Crippen LogP contribution is 1.98. The number of nitrogens with zero attached hydrogens (tertiary/aromatic N) is 1. The van der Waals surface area contributed by atoms with E-state index in [0.29, 0.717) is 6.54 Å². The Bertz CT molecular complexity index is 467. The average molecular weight is 237 g/mol. The van der Waals surface area contributed by atoms with Crippen molar-refractivity contribution in [3.8, 4) is 0 Å². The molecule has 92 valence electrons. The summed E-state index contributed by atoms with van der Waals surface area (Å²) in [6.45, 7) is 2.05. The smallest absolute Gasteiger partial charge is 0.259 e. The molecule has 0 radical (unpaired) electrons. The Hall–Kier alpha value is -2.11. The molecule has 0 bridgehead atoms. The van der Waals surface area contributed by atoms with Gasteiger partial charge in [-0.05, 0) is 6.92 Å². The van der Waals surface area contributed by atoms with Crippen molar-refractivity contribution < 1.29 is 9.59 Å². The molecule has 0 aliphatic heterocycles. The van der Waals surface area contributed by atoms with Crippen molar-refractivity contribution in [3.05, 3.63) is 34.2 Å². The standard InChI is InChI=1S/C11H15N3O3/c1-3-14(7-10(16)12-2)11(17)8-6-13-5-4-9(8)15/h4-6H,3,7H2,1-2H3,(H,12,16)(H,13,15). The van der Waals surface area contributed by atoms with E-state index < -0.39 is 5.91 Å². The maximum absolute atomic E-state index is 12.0. The molecule has 0 unspecified atom stereocenters. The molecule has 6 heteroatoms. The van der Waals surface area contributed by atoms with Crippen LogP contribution in [0.4, 0.5) is 0 Å². The summed E-state index contributed by atoms with van der Waals surface area (Å²) in [6, 6.07) is 1.28. The van der Waals surface area contributed by atoms with E-state index in [2.05, 4.69) is 10.3 Å². The lowest BCUT2D eigenvalue weighted by atomic mass is 10.2. The molecular weight excluding hydrogens is 222 g/mol. The first kappa shape index (κ1) is 13.0. The molecule has 0 spiro atoms. The lowest BCUT2D eigenvalue weighted by Gasteiger charge is -2.19. The largest absolute Gasteiger partial charge is 0.367 e. The van der Waals surface area contributed by atoms with Gasteiger partial charge in [0.05, 0.1) is 6.54 Å². The van der Waals surface area contributed by atoms with Crippen LogP contribution in [0.3, 0.4) is 0 Å². The molecule has 0 fully saturated rings. The molecule has 2 N–H and O–H groups in total. The number of hydrogen-bond donors (Lipinski definition) is 2. The van der Waals surface area contributed by atoms with Gasteiger partial charge < -0.3 is 15.2 Å². The molecule has 0 atom stereocenters. The highest BCUT2D eigenvalue weighted by atomic mass is 16.2. The second kappa shape index (κ2) is 5.83. The van der Waals surface area contributed by atoms with E-state index in [-0.39, 0.29) is 23.4 Å². The Morgan fingerprint density at radius 1 is 1.47 bits per heavy atom. The summed E-state index contributed by atoms with van der Waals surface area (Å²) < 4.78 is 0. The van der Waals surface area contributed by atoms with Gasteiger partial charge in [0.15, 0.2) is 5.43 Å². The first-order chi connectivity index (χ1) is 8.10. The van der Waals surface area contributed by atoms with Gasteiger partial charge in [0.25, 0.3) is 5.91 Å². The van der Waals surface area contributed by atoms with Crippen LogP contribution in [0.25, 0.3) is 0 Å². The number of aromatic nitrogens is 1. The zero-order valence-corrected chi connectivity index (χ0v) is 9.82. The molecule has 1 aromatic heterocycles. The maximum atomic E-state index is 12.0. The van der Waals surface area contributed by atoms with Crippen LogP contribution in [-0.4, -0.2) is 41.8 Å². The van der Waals surface area contributed by atoms with E-state index >= 15 is 0 Å². The molecule has 17 heavy (non-hydrogen) atoms. The molecule has 0 aromatic carbocycles. The summed E-state index contributed by atoms with van der Waals surface area (Å²) in [5.74, 6) is -0.717. The fourth-order valence-electron chi connectivity index (χ4n) is 1.33. The number of nitrogens with one attached hydrogen (secondary N) is 2. The number of amides is 2. The third kappa shape index (κ3) is 3.17. The van der Waals surface area contributed by atoms with Gasteiger partial charge in [0.1, 0.15) is 5.56 Å². The van der Waals surface area contributed by atoms with Crippen molar-refractivity contribution in [3.63, 3.8) is 0 Å². The molecule has 0 saturated carbocycles. The highest BCUT2D eigenvalue weighted by molar-refractivity contribution is 5.96. The minimum Gasteiger partial charge on any atom is -0.367 e. The van der Waals surface area contributed by atoms with Crippen molar-refractivity contribution >= 4 is 11.8 Å².